The van der Waals surface area contributed by atoms with E-state index in [9.17, 15) is 31.1 Å². The summed E-state index contributed by atoms with van der Waals surface area (Å²) in [6.07, 6.45) is -1.51. The molecule has 0 spiro atoms. The molecule has 0 aliphatic carbocycles. The number of hydrogen-bond donors (Lipinski definition) is 0. The quantitative estimate of drug-likeness (QED) is 0.0713. The fraction of sp³-hybridized carbons (Fsp3) is 0.250. The average molecular weight is 536 g/mol. The molecule has 0 bridgehead atoms. The van der Waals surface area contributed by atoms with Gasteiger partial charge in [-0.15, -0.1) is 0 Å². The molecule has 0 saturated carbocycles. The first-order valence-corrected chi connectivity index (χ1v) is 11.5. The summed E-state index contributed by atoms with van der Waals surface area (Å²) >= 11 is 0. The van der Waals surface area contributed by atoms with Gasteiger partial charge < -0.3 is 14.2 Å². The Balaban J connectivity index is 1.76. The van der Waals surface area contributed by atoms with Crippen molar-refractivity contribution in [3.05, 3.63) is 88.5 Å². The minimum atomic E-state index is -3.50. The monoisotopic (exact) mass is 536 g/mol. The third-order valence-corrected chi connectivity index (χ3v) is 5.01. The van der Waals surface area contributed by atoms with E-state index in [0.717, 1.165) is 6.42 Å². The molecular formula is C28H22F6O4. The SMILES string of the molecule is CCCCCOc1c(F)c(F)c(C#Cc2ccc(C(=O)Oc3ccccc3OC(C)(F)F)cc2)c(F)c1F. The maximum absolute atomic E-state index is 14.4. The molecule has 4 nitrogen and oxygen atoms in total. The van der Waals surface area contributed by atoms with Gasteiger partial charge in [-0.2, -0.15) is 17.6 Å². The largest absolute Gasteiger partial charge is 0.487 e. The van der Waals surface area contributed by atoms with Crippen molar-refractivity contribution in [2.45, 2.75) is 39.2 Å². The highest BCUT2D eigenvalue weighted by Crippen LogP contribution is 2.32. The van der Waals surface area contributed by atoms with Crippen LogP contribution >= 0.6 is 0 Å². The zero-order valence-corrected chi connectivity index (χ0v) is 20.3. The van der Waals surface area contributed by atoms with Crippen LogP contribution in [0.1, 0.15) is 54.6 Å². The van der Waals surface area contributed by atoms with Crippen molar-refractivity contribution in [2.75, 3.05) is 6.61 Å². The number of hydrogen-bond acceptors (Lipinski definition) is 4. The van der Waals surface area contributed by atoms with Gasteiger partial charge in [0.1, 0.15) is 5.56 Å². The van der Waals surface area contributed by atoms with Gasteiger partial charge in [0, 0.05) is 12.5 Å². The van der Waals surface area contributed by atoms with Crippen molar-refractivity contribution in [3.8, 4) is 29.1 Å². The summed E-state index contributed by atoms with van der Waals surface area (Å²) in [6.45, 7) is 2.33. The zero-order chi connectivity index (χ0) is 27.9. The number of carbonyl (C=O) groups is 1. The van der Waals surface area contributed by atoms with Crippen LogP contribution in [0.4, 0.5) is 26.3 Å². The van der Waals surface area contributed by atoms with Crippen LogP contribution in [0.15, 0.2) is 48.5 Å². The lowest BCUT2D eigenvalue weighted by Crippen LogP contribution is -2.20. The van der Waals surface area contributed by atoms with E-state index < -0.39 is 46.7 Å². The molecule has 0 N–H and O–H groups in total. The molecule has 3 aromatic carbocycles. The third kappa shape index (κ3) is 7.22. The van der Waals surface area contributed by atoms with Crippen molar-refractivity contribution < 1.29 is 45.3 Å². The molecule has 0 heterocycles. The first kappa shape index (κ1) is 28.4. The number of unbranched alkanes of at least 4 members (excludes halogenated alkanes) is 2. The smallest absolute Gasteiger partial charge is 0.395 e. The van der Waals surface area contributed by atoms with Crippen LogP contribution in [-0.2, 0) is 0 Å². The molecule has 0 aliphatic heterocycles. The lowest BCUT2D eigenvalue weighted by atomic mass is 10.1. The van der Waals surface area contributed by atoms with Crippen LogP contribution in [0.25, 0.3) is 0 Å². The molecule has 0 unspecified atom stereocenters. The van der Waals surface area contributed by atoms with E-state index in [1.807, 2.05) is 6.92 Å². The van der Waals surface area contributed by atoms with E-state index >= 15 is 0 Å². The van der Waals surface area contributed by atoms with E-state index in [0.29, 0.717) is 19.8 Å². The van der Waals surface area contributed by atoms with E-state index in [2.05, 4.69) is 16.6 Å². The Labute approximate surface area is 215 Å². The second-order valence-corrected chi connectivity index (χ2v) is 8.09. The highest BCUT2D eigenvalue weighted by atomic mass is 19.3. The zero-order valence-electron chi connectivity index (χ0n) is 20.3. The van der Waals surface area contributed by atoms with Gasteiger partial charge in [0.25, 0.3) is 0 Å². The third-order valence-electron chi connectivity index (χ3n) is 5.01. The molecule has 0 aromatic heterocycles. The lowest BCUT2D eigenvalue weighted by Gasteiger charge is -2.15. The van der Waals surface area contributed by atoms with Gasteiger partial charge in [-0.3, -0.25) is 0 Å². The highest BCUT2D eigenvalue weighted by Gasteiger charge is 2.27. The molecular weight excluding hydrogens is 514 g/mol. The Hall–Kier alpha value is -4.13. The average Bonchev–Trinajstić information content (AvgIpc) is 2.87. The van der Waals surface area contributed by atoms with Gasteiger partial charge in [-0.25, -0.2) is 13.6 Å². The Bertz CT molecular complexity index is 1330. The molecule has 0 saturated heterocycles. The topological polar surface area (TPSA) is 44.8 Å². The van der Waals surface area contributed by atoms with Crippen molar-refractivity contribution in [1.82, 2.24) is 0 Å². The number of rotatable bonds is 9. The van der Waals surface area contributed by atoms with E-state index in [4.69, 9.17) is 9.47 Å². The predicted octanol–water partition coefficient (Wildman–Crippen LogP) is 7.42. The van der Waals surface area contributed by atoms with Crippen molar-refractivity contribution in [3.63, 3.8) is 0 Å². The van der Waals surface area contributed by atoms with Gasteiger partial charge >= 0.3 is 12.1 Å². The van der Waals surface area contributed by atoms with Gasteiger partial charge in [0.05, 0.1) is 12.2 Å². The van der Waals surface area contributed by atoms with Gasteiger partial charge in [-0.05, 0) is 42.8 Å². The van der Waals surface area contributed by atoms with Crippen molar-refractivity contribution in [1.29, 1.82) is 0 Å². The molecule has 0 radical (unpaired) electrons. The summed E-state index contributed by atoms with van der Waals surface area (Å²) in [5.41, 5.74) is -0.975. The Morgan fingerprint density at radius 1 is 0.842 bits per heavy atom. The number of halogens is 6. The molecule has 38 heavy (non-hydrogen) atoms. The van der Waals surface area contributed by atoms with Crippen molar-refractivity contribution in [2.24, 2.45) is 0 Å². The summed E-state index contributed by atoms with van der Waals surface area (Å²) in [6, 6.07) is 10.4. The number of alkyl halides is 2. The first-order chi connectivity index (χ1) is 18.0. The van der Waals surface area contributed by atoms with Gasteiger partial charge in [0.15, 0.2) is 28.9 Å². The predicted molar refractivity (Wildman–Crippen MR) is 126 cm³/mol. The van der Waals surface area contributed by atoms with Crippen LogP contribution in [0.2, 0.25) is 0 Å². The van der Waals surface area contributed by atoms with Gasteiger partial charge in [0.2, 0.25) is 11.6 Å². The van der Waals surface area contributed by atoms with Crippen LogP contribution in [0.3, 0.4) is 0 Å². The van der Waals surface area contributed by atoms with Crippen LogP contribution in [-0.4, -0.2) is 18.7 Å². The molecule has 0 fully saturated rings. The second-order valence-electron chi connectivity index (χ2n) is 8.09. The maximum atomic E-state index is 14.4. The number of para-hydroxylation sites is 2. The summed E-state index contributed by atoms with van der Waals surface area (Å²) in [5, 5.41) is 0. The molecule has 0 atom stereocenters. The van der Waals surface area contributed by atoms with Crippen molar-refractivity contribution >= 4 is 5.97 Å². The summed E-state index contributed by atoms with van der Waals surface area (Å²) in [7, 11) is 0. The molecule has 200 valence electrons. The Morgan fingerprint density at radius 3 is 2.03 bits per heavy atom. The van der Waals surface area contributed by atoms with E-state index in [1.165, 1.54) is 48.5 Å². The normalized spacial score (nSPS) is 10.9. The highest BCUT2D eigenvalue weighted by molar-refractivity contribution is 5.91. The molecule has 3 aromatic rings. The summed E-state index contributed by atoms with van der Waals surface area (Å²) in [4.78, 5) is 12.4. The maximum Gasteiger partial charge on any atom is 0.395 e. The van der Waals surface area contributed by atoms with Crippen LogP contribution in [0.5, 0.6) is 17.2 Å². The fourth-order valence-corrected chi connectivity index (χ4v) is 3.17. The number of benzene rings is 3. The number of carbonyl (C=O) groups excluding carboxylic acids is 1. The lowest BCUT2D eigenvalue weighted by molar-refractivity contribution is -0.159. The van der Waals surface area contributed by atoms with Gasteiger partial charge in [-0.1, -0.05) is 43.7 Å². The second kappa shape index (κ2) is 12.4. The first-order valence-electron chi connectivity index (χ1n) is 11.5. The van der Waals surface area contributed by atoms with E-state index in [1.54, 1.807) is 0 Å². The van der Waals surface area contributed by atoms with Crippen LogP contribution < -0.4 is 14.2 Å². The Morgan fingerprint density at radius 2 is 1.45 bits per heavy atom. The number of esters is 1. The fourth-order valence-electron chi connectivity index (χ4n) is 3.17. The number of ether oxygens (including phenoxy) is 3. The minimum Gasteiger partial charge on any atom is -0.487 e. The summed E-state index contributed by atoms with van der Waals surface area (Å²) in [5.74, 6) is -4.97. The molecule has 3 rings (SSSR count). The Kier molecular flexibility index (Phi) is 9.29. The molecule has 10 heteroatoms. The minimum absolute atomic E-state index is 0.00682. The standard InChI is InChI=1S/C28H22F6O4/c1-3-4-7-16-36-26-24(31)22(29)19(23(30)25(26)32)15-12-17-10-13-18(14-11-17)27(35)37-20-8-5-6-9-21(20)38-28(2,33)34/h5-6,8-11,13-14H,3-4,7,16H2,1-2H3. The summed E-state index contributed by atoms with van der Waals surface area (Å²) < 4.78 is 98.3. The molecule has 0 aliphatic rings. The van der Waals surface area contributed by atoms with Crippen LogP contribution in [0, 0.1) is 35.1 Å². The van der Waals surface area contributed by atoms with E-state index in [-0.39, 0.29) is 29.2 Å². The molecule has 0 amide bonds.